The van der Waals surface area contributed by atoms with E-state index in [9.17, 15) is 18.4 Å². The van der Waals surface area contributed by atoms with Crippen LogP contribution in [0.2, 0.25) is 0 Å². The number of methoxy groups -OCH3 is 2. The van der Waals surface area contributed by atoms with Crippen LogP contribution in [-0.2, 0) is 20.7 Å². The van der Waals surface area contributed by atoms with E-state index in [-0.39, 0.29) is 64.7 Å². The van der Waals surface area contributed by atoms with Gasteiger partial charge in [0.15, 0.2) is 11.6 Å². The van der Waals surface area contributed by atoms with Crippen molar-refractivity contribution in [2.75, 3.05) is 27.3 Å². The van der Waals surface area contributed by atoms with Gasteiger partial charge in [-0.2, -0.15) is 0 Å². The molecule has 6 rings (SSSR count). The largest absolute Gasteiger partial charge is 0.412 e. The summed E-state index contributed by atoms with van der Waals surface area (Å²) in [6.45, 7) is 5.85. The minimum atomic E-state index is -0.312. The number of carbonyl (C=O) groups is 2. The molecule has 0 radical (unpaired) electrons. The Morgan fingerprint density at radius 2 is 0.864 bits per heavy atom. The van der Waals surface area contributed by atoms with Gasteiger partial charge in [-0.15, -0.1) is 24.8 Å². The first kappa shape index (κ1) is 51.6. The van der Waals surface area contributed by atoms with E-state index in [4.69, 9.17) is 9.47 Å². The number of Topliss-reactive ketones (excluding diaryl/α,β-unsaturated/α-hetero) is 2. The summed E-state index contributed by atoms with van der Waals surface area (Å²) in [5.74, 6) is -0.479. The SMILES string of the molecule is COC1(c2ccc(C)cc2)CCC(NCCCC(=O)c2ccc(F)cc2)CC1.COC1(c2ccc(C)cc2)CCC(NCCCC(=O)c2ccc(F)cc2)CC1.Cl.Cl.O. The third-order valence-corrected chi connectivity index (χ3v) is 11.9. The molecule has 0 aliphatic heterocycles. The zero-order valence-corrected chi connectivity index (χ0v) is 36.6. The lowest BCUT2D eigenvalue weighted by Crippen LogP contribution is -2.41. The van der Waals surface area contributed by atoms with Gasteiger partial charge in [-0.1, -0.05) is 59.7 Å². The summed E-state index contributed by atoms with van der Waals surface area (Å²) in [6, 6.07) is 29.9. The summed E-state index contributed by atoms with van der Waals surface area (Å²) in [5, 5.41) is 7.18. The monoisotopic (exact) mass is 856 g/mol. The van der Waals surface area contributed by atoms with E-state index in [0.717, 1.165) is 77.3 Å². The first-order chi connectivity index (χ1) is 27.0. The number of ether oxygens (including phenoxy) is 2. The maximum atomic E-state index is 12.9. The van der Waals surface area contributed by atoms with Gasteiger partial charge in [-0.3, -0.25) is 9.59 Å². The Kier molecular flexibility index (Phi) is 22.1. The molecule has 0 atom stereocenters. The van der Waals surface area contributed by atoms with Crippen LogP contribution in [0.25, 0.3) is 0 Å². The molecule has 0 unspecified atom stereocenters. The van der Waals surface area contributed by atoms with Crippen LogP contribution in [0.5, 0.6) is 0 Å². The topological polar surface area (TPSA) is 108 Å². The van der Waals surface area contributed by atoms with E-state index in [1.165, 1.54) is 46.5 Å². The summed E-state index contributed by atoms with van der Waals surface area (Å²) >= 11 is 0. The van der Waals surface area contributed by atoms with E-state index in [0.29, 0.717) is 36.1 Å². The van der Waals surface area contributed by atoms with E-state index in [1.807, 2.05) is 14.2 Å². The summed E-state index contributed by atoms with van der Waals surface area (Å²) in [6.07, 6.45) is 10.8. The Morgan fingerprint density at radius 3 is 1.15 bits per heavy atom. The average molecular weight is 858 g/mol. The van der Waals surface area contributed by atoms with Gasteiger partial charge in [0.05, 0.1) is 11.2 Å². The Balaban J connectivity index is 0.000000387. The highest BCUT2D eigenvalue weighted by atomic mass is 35.5. The van der Waals surface area contributed by atoms with Crippen molar-refractivity contribution >= 4 is 36.4 Å². The van der Waals surface area contributed by atoms with Crippen LogP contribution in [-0.4, -0.2) is 56.4 Å². The molecule has 0 amide bonds. The number of benzene rings is 4. The Hall–Kier alpha value is -3.54. The smallest absolute Gasteiger partial charge is 0.162 e. The molecule has 0 aromatic heterocycles. The number of rotatable bonds is 16. The zero-order valence-electron chi connectivity index (χ0n) is 35.0. The maximum absolute atomic E-state index is 12.9. The maximum Gasteiger partial charge on any atom is 0.162 e. The van der Waals surface area contributed by atoms with Gasteiger partial charge in [-0.05, 0) is 151 Å². The molecule has 0 spiro atoms. The van der Waals surface area contributed by atoms with Crippen molar-refractivity contribution in [3.05, 3.63) is 142 Å². The van der Waals surface area contributed by atoms with Crippen molar-refractivity contribution in [2.45, 2.75) is 114 Å². The van der Waals surface area contributed by atoms with Gasteiger partial charge in [0, 0.05) is 50.3 Å². The lowest BCUT2D eigenvalue weighted by atomic mass is 9.77. The lowest BCUT2D eigenvalue weighted by Gasteiger charge is -2.40. The second kappa shape index (κ2) is 25.3. The normalized spacial score (nSPS) is 21.1. The molecule has 0 bridgehead atoms. The highest BCUT2D eigenvalue weighted by Gasteiger charge is 2.38. The quantitative estimate of drug-likeness (QED) is 0.0858. The van der Waals surface area contributed by atoms with Gasteiger partial charge in [0.2, 0.25) is 0 Å². The number of carbonyl (C=O) groups excluding carboxylic acids is 2. The molecule has 0 saturated heterocycles. The second-order valence-electron chi connectivity index (χ2n) is 15.7. The fourth-order valence-electron chi connectivity index (χ4n) is 8.18. The Morgan fingerprint density at radius 1 is 0.559 bits per heavy atom. The number of nitrogens with one attached hydrogen (secondary N) is 2. The predicted molar refractivity (Wildman–Crippen MR) is 238 cm³/mol. The van der Waals surface area contributed by atoms with Crippen molar-refractivity contribution in [3.63, 3.8) is 0 Å². The average Bonchev–Trinajstić information content (AvgIpc) is 3.23. The summed E-state index contributed by atoms with van der Waals surface area (Å²) in [7, 11) is 3.63. The van der Waals surface area contributed by atoms with E-state index >= 15 is 0 Å². The lowest BCUT2D eigenvalue weighted by molar-refractivity contribution is -0.0501. The molecular formula is C48H64Cl2F2N2O5. The third-order valence-electron chi connectivity index (χ3n) is 11.9. The molecule has 11 heteroatoms. The summed E-state index contributed by atoms with van der Waals surface area (Å²) in [4.78, 5) is 24.3. The van der Waals surface area contributed by atoms with E-state index in [2.05, 4.69) is 73.0 Å². The van der Waals surface area contributed by atoms with Crippen LogP contribution in [0, 0.1) is 25.5 Å². The van der Waals surface area contributed by atoms with E-state index in [1.54, 1.807) is 24.3 Å². The van der Waals surface area contributed by atoms with Gasteiger partial charge >= 0.3 is 0 Å². The van der Waals surface area contributed by atoms with Crippen LogP contribution in [0.3, 0.4) is 0 Å². The molecule has 7 nitrogen and oxygen atoms in total. The molecule has 2 saturated carbocycles. The van der Waals surface area contributed by atoms with Crippen LogP contribution >= 0.6 is 24.8 Å². The molecule has 324 valence electrons. The highest BCUT2D eigenvalue weighted by Crippen LogP contribution is 2.41. The van der Waals surface area contributed by atoms with Crippen molar-refractivity contribution in [1.82, 2.24) is 10.6 Å². The Bertz CT molecular complexity index is 1680. The van der Waals surface area contributed by atoms with Crippen molar-refractivity contribution in [3.8, 4) is 0 Å². The molecule has 0 heterocycles. The van der Waals surface area contributed by atoms with Crippen molar-refractivity contribution in [1.29, 1.82) is 0 Å². The van der Waals surface area contributed by atoms with Crippen LogP contribution < -0.4 is 10.6 Å². The number of hydrogen-bond donors (Lipinski definition) is 2. The van der Waals surface area contributed by atoms with Crippen LogP contribution in [0.4, 0.5) is 8.78 Å². The second-order valence-corrected chi connectivity index (χ2v) is 15.7. The van der Waals surface area contributed by atoms with Crippen LogP contribution in [0.15, 0.2) is 97.1 Å². The zero-order chi connectivity index (χ0) is 40.0. The molecule has 4 aromatic carbocycles. The molecule has 59 heavy (non-hydrogen) atoms. The van der Waals surface area contributed by atoms with Gasteiger partial charge in [0.1, 0.15) is 11.6 Å². The number of aryl methyl sites for hydroxylation is 2. The van der Waals surface area contributed by atoms with Crippen molar-refractivity contribution in [2.24, 2.45) is 0 Å². The van der Waals surface area contributed by atoms with Crippen LogP contribution in [0.1, 0.15) is 120 Å². The fourth-order valence-corrected chi connectivity index (χ4v) is 8.18. The first-order valence-corrected chi connectivity index (χ1v) is 20.3. The first-order valence-electron chi connectivity index (χ1n) is 20.3. The molecule has 2 fully saturated rings. The summed E-state index contributed by atoms with van der Waals surface area (Å²) in [5.41, 5.74) is 5.88. The predicted octanol–water partition coefficient (Wildman–Crippen LogP) is 10.4. The standard InChI is InChI=1S/2C24H30FNO2.2ClH.H2O/c2*1-18-5-9-20(10-6-18)24(28-2)15-13-22(14-16-24)26-17-3-4-23(27)19-7-11-21(25)12-8-19;;;/h2*5-12,22,26H,3-4,13-17H2,1-2H3;2*1H;1H2. The van der Waals surface area contributed by atoms with E-state index < -0.39 is 0 Å². The highest BCUT2D eigenvalue weighted by molar-refractivity contribution is 5.96. The van der Waals surface area contributed by atoms with Gasteiger partial charge < -0.3 is 25.6 Å². The fraction of sp³-hybridized carbons (Fsp3) is 0.458. The van der Waals surface area contributed by atoms with Crippen molar-refractivity contribution < 1.29 is 33.3 Å². The summed E-state index contributed by atoms with van der Waals surface area (Å²) < 4.78 is 37.8. The Labute approximate surface area is 362 Å². The molecule has 2 aliphatic rings. The van der Waals surface area contributed by atoms with Gasteiger partial charge in [0.25, 0.3) is 0 Å². The number of halogens is 4. The minimum Gasteiger partial charge on any atom is -0.412 e. The number of ketones is 2. The molecule has 4 N–H and O–H groups in total. The molecule has 2 aliphatic carbocycles. The number of hydrogen-bond acceptors (Lipinski definition) is 6. The third kappa shape index (κ3) is 14.9. The molecular weight excluding hydrogens is 793 g/mol. The van der Waals surface area contributed by atoms with Gasteiger partial charge in [-0.25, -0.2) is 8.78 Å². The molecule has 4 aromatic rings. The minimum absolute atomic E-state index is 0.